The van der Waals surface area contributed by atoms with Crippen molar-refractivity contribution in [1.82, 2.24) is 19.9 Å². The molecule has 0 unspecified atom stereocenters. The Labute approximate surface area is 344 Å². The number of methoxy groups -OCH3 is 1. The molecule has 0 atom stereocenters. The second-order valence-electron chi connectivity index (χ2n) is 15.1. The van der Waals surface area contributed by atoms with Crippen LogP contribution < -0.4 is 28.7 Å². The largest absolute Gasteiger partial charge is 1.00 e. The third kappa shape index (κ3) is 7.11. The number of halogens is 1. The monoisotopic (exact) mass is 843 g/mol. The number of aromatic nitrogens is 4. The van der Waals surface area contributed by atoms with E-state index in [1.54, 1.807) is 7.11 Å². The van der Waals surface area contributed by atoms with Gasteiger partial charge in [-0.2, -0.15) is 0 Å². The molecule has 56 heavy (non-hydrogen) atoms. The number of benzene rings is 4. The molecule has 0 fully saturated rings. The van der Waals surface area contributed by atoms with Gasteiger partial charge in [0, 0.05) is 49.9 Å². The molecule has 0 aliphatic carbocycles. The molecule has 7 aromatic rings. The van der Waals surface area contributed by atoms with E-state index in [0.717, 1.165) is 112 Å². The zero-order chi connectivity index (χ0) is 37.5. The van der Waals surface area contributed by atoms with E-state index in [-0.39, 0.29) is 24.0 Å². The van der Waals surface area contributed by atoms with Gasteiger partial charge in [0.1, 0.15) is 12.3 Å². The van der Waals surface area contributed by atoms with E-state index in [4.69, 9.17) is 14.7 Å². The number of nitrogens with zero attached hydrogens (tertiary/aromatic N) is 3. The number of aromatic amines is 2. The molecule has 2 N–H and O–H groups in total. The van der Waals surface area contributed by atoms with Crippen molar-refractivity contribution in [3.63, 3.8) is 0 Å². The van der Waals surface area contributed by atoms with Gasteiger partial charge in [-0.25, -0.2) is 9.97 Å². The minimum atomic E-state index is 0. The van der Waals surface area contributed by atoms with E-state index in [1.807, 2.05) is 0 Å². The number of hydrogen-bond donors (Lipinski definition) is 2. The maximum atomic E-state index is 5.88. The van der Waals surface area contributed by atoms with Crippen LogP contribution in [-0.4, -0.2) is 52.7 Å². The smallest absolute Gasteiger partial charge is 0.127 e. The van der Waals surface area contributed by atoms with Gasteiger partial charge in [0.15, 0.2) is 0 Å². The molecule has 2 aliphatic rings. The van der Waals surface area contributed by atoms with Crippen molar-refractivity contribution in [2.24, 2.45) is 0 Å². The lowest BCUT2D eigenvalue weighted by Gasteiger charge is -2.25. The highest BCUT2D eigenvalue weighted by molar-refractivity contribution is 5.99. The van der Waals surface area contributed by atoms with Crippen LogP contribution in [0.5, 0.6) is 5.75 Å². The Hall–Kier alpha value is -6.03. The quantitative estimate of drug-likeness (QED) is 0.125. The maximum absolute atomic E-state index is 5.88. The topological polar surface area (TPSA) is 66.6 Å². The molecule has 0 saturated carbocycles. The van der Waals surface area contributed by atoms with Crippen molar-refractivity contribution >= 4 is 46.4 Å². The molecule has 7 heteroatoms. The first-order valence-corrected chi connectivity index (χ1v) is 18.6. The van der Waals surface area contributed by atoms with E-state index in [2.05, 4.69) is 189 Å². The summed E-state index contributed by atoms with van der Waals surface area (Å²) in [4.78, 5) is 18.6. The third-order valence-electron chi connectivity index (χ3n) is 10.2. The van der Waals surface area contributed by atoms with Crippen molar-refractivity contribution in [3.05, 3.63) is 162 Å². The Kier molecular flexibility index (Phi) is 10.1. The van der Waals surface area contributed by atoms with Crippen molar-refractivity contribution in [2.75, 3.05) is 28.3 Å². The zero-order valence-corrected chi connectivity index (χ0v) is 34.0. The van der Waals surface area contributed by atoms with Crippen LogP contribution in [0.1, 0.15) is 28.3 Å². The second kappa shape index (κ2) is 15.2. The minimum Gasteiger partial charge on any atom is -1.00 e. The van der Waals surface area contributed by atoms with Crippen molar-refractivity contribution < 1.29 is 33.2 Å². The van der Waals surface area contributed by atoms with E-state index in [1.165, 1.54) is 0 Å². The fraction of sp³-hybridized carbons (Fsp3) is 0.102. The van der Waals surface area contributed by atoms with Gasteiger partial charge in [0.05, 0.1) is 51.0 Å². The Morgan fingerprint density at radius 3 is 1.16 bits per heavy atom. The van der Waals surface area contributed by atoms with Gasteiger partial charge in [-0.15, -0.1) is 0 Å². The number of hydrogen-bond acceptors (Lipinski definition) is 3. The molecule has 2 aliphatic heterocycles. The highest BCUT2D eigenvalue weighted by Gasteiger charge is 2.20. The number of ether oxygens (including phenoxy) is 1. The van der Waals surface area contributed by atoms with Gasteiger partial charge < -0.3 is 43.2 Å². The van der Waals surface area contributed by atoms with E-state index in [9.17, 15) is 0 Å². The van der Waals surface area contributed by atoms with Crippen molar-refractivity contribution in [3.8, 4) is 50.3 Å². The normalized spacial score (nSPS) is 12.1. The number of rotatable bonds is 7. The lowest BCUT2D eigenvalue weighted by Crippen LogP contribution is -3.00. The van der Waals surface area contributed by atoms with Crippen molar-refractivity contribution in [1.29, 1.82) is 0 Å². The van der Waals surface area contributed by atoms with Crippen LogP contribution in [0.2, 0.25) is 0 Å². The SMILES string of the molecule is COc1ccc(-c2c3nc(c(-c4ccccc4)c4ccc([nH]4)c(-c4ccccc4)c4nc(c(-c5ccccc5)c5ccc2[nH]5)C=C4)C=C3)cc1C[N+](C)(C)C.[I-]. The van der Waals surface area contributed by atoms with Crippen LogP contribution in [0, 0.1) is 0 Å². The minimum absolute atomic E-state index is 0. The van der Waals surface area contributed by atoms with Gasteiger partial charge in [0.25, 0.3) is 0 Å². The molecular weight excluding hydrogens is 801 g/mol. The van der Waals surface area contributed by atoms with Gasteiger partial charge in [-0.05, 0) is 83.0 Å². The van der Waals surface area contributed by atoms with Crippen LogP contribution in [0.4, 0.5) is 0 Å². The predicted molar refractivity (Wildman–Crippen MR) is 229 cm³/mol. The number of fused-ring (bicyclic) bond motifs is 8. The van der Waals surface area contributed by atoms with Crippen LogP contribution in [0.15, 0.2) is 133 Å². The molecule has 8 bridgehead atoms. The molecule has 0 saturated heterocycles. The van der Waals surface area contributed by atoms with Gasteiger partial charge in [-0.1, -0.05) is 97.1 Å². The van der Waals surface area contributed by atoms with Crippen LogP contribution in [0.25, 0.3) is 90.9 Å². The standard InChI is InChI=1S/C49H42N5O.HI/c1-54(2,3)31-36-30-35(20-29-45(36)55-4)49-43-27-25-41(52-43)47(33-16-10-6-11-17-33)39-23-21-37(50-39)46(32-14-8-5-9-15-32)38-22-24-40(51-38)48(34-18-12-7-13-19-34)42-26-28-44(49)53-42;/h5-30,50,53H,31H2,1-4H3;1H/q+1;/p-1. The first kappa shape index (κ1) is 36.9. The van der Waals surface area contributed by atoms with Crippen LogP contribution >= 0.6 is 0 Å². The molecule has 9 rings (SSSR count). The summed E-state index contributed by atoms with van der Waals surface area (Å²) in [5, 5.41) is 0. The maximum Gasteiger partial charge on any atom is 0.127 e. The Morgan fingerprint density at radius 2 is 0.821 bits per heavy atom. The van der Waals surface area contributed by atoms with Crippen LogP contribution in [0.3, 0.4) is 0 Å². The fourth-order valence-corrected chi connectivity index (χ4v) is 7.80. The molecule has 0 spiro atoms. The fourth-order valence-electron chi connectivity index (χ4n) is 7.80. The number of H-pyrrole nitrogens is 2. The molecule has 6 nitrogen and oxygen atoms in total. The zero-order valence-electron chi connectivity index (χ0n) is 31.8. The summed E-state index contributed by atoms with van der Waals surface area (Å²) in [6, 6.07) is 46.7. The first-order chi connectivity index (χ1) is 26.8. The number of nitrogens with one attached hydrogen (secondary N) is 2. The average Bonchev–Trinajstić information content (AvgIpc) is 4.04. The van der Waals surface area contributed by atoms with Crippen LogP contribution in [-0.2, 0) is 6.54 Å². The van der Waals surface area contributed by atoms with E-state index in [0.29, 0.717) is 0 Å². The Bertz CT molecular complexity index is 2760. The average molecular weight is 844 g/mol. The second-order valence-corrected chi connectivity index (χ2v) is 15.1. The summed E-state index contributed by atoms with van der Waals surface area (Å²) in [6.45, 7) is 0.806. The third-order valence-corrected chi connectivity index (χ3v) is 10.2. The molecule has 5 heterocycles. The summed E-state index contributed by atoms with van der Waals surface area (Å²) in [6.07, 6.45) is 8.57. The molecule has 276 valence electrons. The van der Waals surface area contributed by atoms with Crippen molar-refractivity contribution in [2.45, 2.75) is 6.54 Å². The summed E-state index contributed by atoms with van der Waals surface area (Å²) in [7, 11) is 8.34. The van der Waals surface area contributed by atoms with Gasteiger partial charge >= 0.3 is 0 Å². The molecule has 0 amide bonds. The summed E-state index contributed by atoms with van der Waals surface area (Å²) in [5.41, 5.74) is 17.0. The Morgan fingerprint density at radius 1 is 0.464 bits per heavy atom. The summed E-state index contributed by atoms with van der Waals surface area (Å²) >= 11 is 0. The molecule has 0 radical (unpaired) electrons. The lowest BCUT2D eigenvalue weighted by molar-refractivity contribution is -0.884. The summed E-state index contributed by atoms with van der Waals surface area (Å²) in [5.74, 6) is 0.876. The van der Waals surface area contributed by atoms with E-state index >= 15 is 0 Å². The molecular formula is C49H42IN5O. The Balaban J connectivity index is 0.00000441. The summed E-state index contributed by atoms with van der Waals surface area (Å²) < 4.78 is 6.64. The first-order valence-electron chi connectivity index (χ1n) is 18.6. The lowest BCUT2D eigenvalue weighted by atomic mass is 10.00. The van der Waals surface area contributed by atoms with E-state index < -0.39 is 0 Å². The predicted octanol–water partition coefficient (Wildman–Crippen LogP) is 8.54. The highest BCUT2D eigenvalue weighted by atomic mass is 127. The van der Waals surface area contributed by atoms with Gasteiger partial charge in [0.2, 0.25) is 0 Å². The highest BCUT2D eigenvalue weighted by Crippen LogP contribution is 2.39. The molecule has 4 aromatic carbocycles. The molecule has 3 aromatic heterocycles. The van der Waals surface area contributed by atoms with Gasteiger partial charge in [-0.3, -0.25) is 0 Å². The number of quaternary nitrogens is 1.